The molecule has 0 aliphatic rings. The molecule has 0 aliphatic carbocycles. The van der Waals surface area contributed by atoms with Gasteiger partial charge in [0.15, 0.2) is 0 Å². The standard InChI is InChI=1S/C13H20O.C2H6/c1-4-13(2,3)11-14-10-12-8-6-5-7-9-12;1-2/h5-9H,4,10-11H2,1-3H3;1-2H3. The van der Waals surface area contributed by atoms with Gasteiger partial charge in [0.25, 0.3) is 0 Å². The van der Waals surface area contributed by atoms with E-state index >= 15 is 0 Å². The molecule has 0 amide bonds. The summed E-state index contributed by atoms with van der Waals surface area (Å²) >= 11 is 0. The summed E-state index contributed by atoms with van der Waals surface area (Å²) in [5.41, 5.74) is 1.55. The van der Waals surface area contributed by atoms with Crippen molar-refractivity contribution in [1.82, 2.24) is 0 Å². The van der Waals surface area contributed by atoms with E-state index in [0.717, 1.165) is 19.6 Å². The molecule has 0 saturated carbocycles. The first-order chi connectivity index (χ1) is 7.64. The lowest BCUT2D eigenvalue weighted by Gasteiger charge is -2.22. The van der Waals surface area contributed by atoms with E-state index < -0.39 is 0 Å². The number of ether oxygens (including phenoxy) is 1. The first-order valence-electron chi connectivity index (χ1n) is 6.26. The van der Waals surface area contributed by atoms with Gasteiger partial charge in [-0.3, -0.25) is 0 Å². The van der Waals surface area contributed by atoms with Crippen molar-refractivity contribution in [2.75, 3.05) is 6.61 Å². The van der Waals surface area contributed by atoms with Gasteiger partial charge in [-0.15, -0.1) is 0 Å². The second-order valence-electron chi connectivity index (χ2n) is 4.50. The summed E-state index contributed by atoms with van der Waals surface area (Å²) in [4.78, 5) is 0. The van der Waals surface area contributed by atoms with E-state index in [9.17, 15) is 0 Å². The smallest absolute Gasteiger partial charge is 0.0717 e. The highest BCUT2D eigenvalue weighted by Gasteiger charge is 2.14. The average Bonchev–Trinajstić information content (AvgIpc) is 2.33. The second kappa shape index (κ2) is 8.35. The van der Waals surface area contributed by atoms with E-state index in [1.54, 1.807) is 0 Å². The lowest BCUT2D eigenvalue weighted by Crippen LogP contribution is -2.17. The van der Waals surface area contributed by atoms with Crippen LogP contribution in [0.4, 0.5) is 0 Å². The molecule has 0 aliphatic heterocycles. The van der Waals surface area contributed by atoms with Crippen molar-refractivity contribution in [3.8, 4) is 0 Å². The van der Waals surface area contributed by atoms with Crippen molar-refractivity contribution in [3.05, 3.63) is 35.9 Å². The number of rotatable bonds is 5. The fraction of sp³-hybridized carbons (Fsp3) is 0.600. The Hall–Kier alpha value is -0.820. The SMILES string of the molecule is CC.CCC(C)(C)COCc1ccccc1. The van der Waals surface area contributed by atoms with Crippen molar-refractivity contribution in [2.45, 2.75) is 47.6 Å². The minimum Gasteiger partial charge on any atom is -0.376 e. The Bertz CT molecular complexity index is 251. The predicted molar refractivity (Wildman–Crippen MR) is 71.5 cm³/mol. The molecular formula is C15H26O. The van der Waals surface area contributed by atoms with Gasteiger partial charge in [-0.25, -0.2) is 0 Å². The van der Waals surface area contributed by atoms with Crippen molar-refractivity contribution < 1.29 is 4.74 Å². The van der Waals surface area contributed by atoms with Gasteiger partial charge in [-0.2, -0.15) is 0 Å². The third-order valence-electron chi connectivity index (χ3n) is 2.56. The fourth-order valence-corrected chi connectivity index (χ4v) is 1.12. The zero-order valence-electron chi connectivity index (χ0n) is 11.4. The summed E-state index contributed by atoms with van der Waals surface area (Å²) in [6.45, 7) is 12.2. The molecule has 92 valence electrons. The van der Waals surface area contributed by atoms with Gasteiger partial charge < -0.3 is 4.74 Å². The maximum Gasteiger partial charge on any atom is 0.0717 e. The zero-order valence-corrected chi connectivity index (χ0v) is 11.4. The molecule has 0 bridgehead atoms. The Labute approximate surface area is 101 Å². The minimum atomic E-state index is 0.300. The number of hydrogen-bond donors (Lipinski definition) is 0. The van der Waals surface area contributed by atoms with Gasteiger partial charge in [-0.05, 0) is 17.4 Å². The molecule has 0 saturated heterocycles. The topological polar surface area (TPSA) is 9.23 Å². The molecule has 0 aromatic heterocycles. The predicted octanol–water partition coefficient (Wildman–Crippen LogP) is 4.67. The van der Waals surface area contributed by atoms with Crippen LogP contribution in [0.15, 0.2) is 30.3 Å². The molecule has 0 N–H and O–H groups in total. The third kappa shape index (κ3) is 6.62. The first-order valence-corrected chi connectivity index (χ1v) is 6.26. The van der Waals surface area contributed by atoms with Crippen molar-refractivity contribution in [1.29, 1.82) is 0 Å². The highest BCUT2D eigenvalue weighted by atomic mass is 16.5. The summed E-state index contributed by atoms with van der Waals surface area (Å²) < 4.78 is 5.68. The van der Waals surface area contributed by atoms with Crippen LogP contribution in [-0.4, -0.2) is 6.61 Å². The molecule has 16 heavy (non-hydrogen) atoms. The molecular weight excluding hydrogens is 196 g/mol. The van der Waals surface area contributed by atoms with E-state index in [1.165, 1.54) is 5.56 Å². The van der Waals surface area contributed by atoms with Gasteiger partial charge >= 0.3 is 0 Å². The van der Waals surface area contributed by atoms with Crippen LogP contribution >= 0.6 is 0 Å². The largest absolute Gasteiger partial charge is 0.376 e. The maximum absolute atomic E-state index is 5.68. The Kier molecular flexibility index (Phi) is 7.92. The Morgan fingerprint density at radius 2 is 1.62 bits per heavy atom. The fourth-order valence-electron chi connectivity index (χ4n) is 1.12. The lowest BCUT2D eigenvalue weighted by atomic mass is 9.92. The molecule has 1 nitrogen and oxygen atoms in total. The van der Waals surface area contributed by atoms with Gasteiger partial charge in [0.1, 0.15) is 0 Å². The van der Waals surface area contributed by atoms with Gasteiger partial charge in [-0.1, -0.05) is 65.0 Å². The molecule has 1 heteroatoms. The van der Waals surface area contributed by atoms with Crippen LogP contribution in [0.25, 0.3) is 0 Å². The minimum absolute atomic E-state index is 0.300. The molecule has 1 aromatic rings. The van der Waals surface area contributed by atoms with Crippen LogP contribution < -0.4 is 0 Å². The lowest BCUT2D eigenvalue weighted by molar-refractivity contribution is 0.0495. The normalized spacial score (nSPS) is 10.6. The van der Waals surface area contributed by atoms with E-state index in [1.807, 2.05) is 32.0 Å². The Balaban J connectivity index is 0.00000106. The van der Waals surface area contributed by atoms with Crippen molar-refractivity contribution in [3.63, 3.8) is 0 Å². The number of benzene rings is 1. The third-order valence-corrected chi connectivity index (χ3v) is 2.56. The highest BCUT2D eigenvalue weighted by molar-refractivity contribution is 5.13. The summed E-state index contributed by atoms with van der Waals surface area (Å²) in [5.74, 6) is 0. The van der Waals surface area contributed by atoms with E-state index in [2.05, 4.69) is 32.9 Å². The van der Waals surface area contributed by atoms with Gasteiger partial charge in [0.2, 0.25) is 0 Å². The maximum atomic E-state index is 5.68. The van der Waals surface area contributed by atoms with E-state index in [4.69, 9.17) is 4.74 Å². The van der Waals surface area contributed by atoms with Crippen LogP contribution in [0.1, 0.15) is 46.6 Å². The summed E-state index contributed by atoms with van der Waals surface area (Å²) in [5, 5.41) is 0. The Morgan fingerprint density at radius 3 is 2.12 bits per heavy atom. The molecule has 0 fully saturated rings. The van der Waals surface area contributed by atoms with E-state index in [-0.39, 0.29) is 0 Å². The van der Waals surface area contributed by atoms with Crippen molar-refractivity contribution in [2.24, 2.45) is 5.41 Å². The van der Waals surface area contributed by atoms with Crippen LogP contribution in [-0.2, 0) is 11.3 Å². The van der Waals surface area contributed by atoms with Crippen LogP contribution in [0.3, 0.4) is 0 Å². The number of hydrogen-bond acceptors (Lipinski definition) is 1. The van der Waals surface area contributed by atoms with Crippen molar-refractivity contribution >= 4 is 0 Å². The van der Waals surface area contributed by atoms with Gasteiger partial charge in [0, 0.05) is 0 Å². The average molecular weight is 222 g/mol. The summed E-state index contributed by atoms with van der Waals surface area (Å²) in [6.07, 6.45) is 1.15. The van der Waals surface area contributed by atoms with Gasteiger partial charge in [0.05, 0.1) is 13.2 Å². The molecule has 0 radical (unpaired) electrons. The Morgan fingerprint density at radius 1 is 1.06 bits per heavy atom. The molecule has 0 heterocycles. The second-order valence-corrected chi connectivity index (χ2v) is 4.50. The van der Waals surface area contributed by atoms with Crippen LogP contribution in [0.5, 0.6) is 0 Å². The molecule has 0 atom stereocenters. The molecule has 1 aromatic carbocycles. The highest BCUT2D eigenvalue weighted by Crippen LogP contribution is 2.20. The summed E-state index contributed by atoms with van der Waals surface area (Å²) in [7, 11) is 0. The zero-order chi connectivity index (χ0) is 12.4. The molecule has 0 spiro atoms. The summed E-state index contributed by atoms with van der Waals surface area (Å²) in [6, 6.07) is 10.3. The molecule has 0 unspecified atom stereocenters. The van der Waals surface area contributed by atoms with Crippen LogP contribution in [0.2, 0.25) is 0 Å². The van der Waals surface area contributed by atoms with E-state index in [0.29, 0.717) is 5.41 Å². The first kappa shape index (κ1) is 15.2. The monoisotopic (exact) mass is 222 g/mol. The molecule has 1 rings (SSSR count). The quantitative estimate of drug-likeness (QED) is 0.703. The van der Waals surface area contributed by atoms with Crippen LogP contribution in [0, 0.1) is 5.41 Å².